The molecule has 2 saturated heterocycles. The molecule has 1 unspecified atom stereocenters. The summed E-state index contributed by atoms with van der Waals surface area (Å²) >= 11 is 0. The summed E-state index contributed by atoms with van der Waals surface area (Å²) in [7, 11) is 0. The van der Waals surface area contributed by atoms with Crippen LogP contribution in [0, 0.1) is 13.8 Å². The second-order valence-electron chi connectivity index (χ2n) is 5.81. The monoisotopic (exact) mass is 272 g/mol. The number of hydrogen-bond acceptors (Lipinski definition) is 2. The van der Waals surface area contributed by atoms with Gasteiger partial charge in [-0.15, -0.1) is 0 Å². The number of benzene rings is 1. The zero-order chi connectivity index (χ0) is 14.3. The van der Waals surface area contributed by atoms with Gasteiger partial charge in [0.05, 0.1) is 0 Å². The largest absolute Gasteiger partial charge is 0.329 e. The van der Waals surface area contributed by atoms with E-state index in [-0.39, 0.29) is 24.4 Å². The Hall–Kier alpha value is -1.84. The van der Waals surface area contributed by atoms with Gasteiger partial charge in [0.2, 0.25) is 11.8 Å². The lowest BCUT2D eigenvalue weighted by Gasteiger charge is -2.43. The number of amides is 2. The first kappa shape index (κ1) is 13.2. The lowest BCUT2D eigenvalue weighted by atomic mass is 9.97. The minimum absolute atomic E-state index is 0.0780. The molecule has 1 atom stereocenters. The van der Waals surface area contributed by atoms with E-state index < -0.39 is 0 Å². The number of nitrogens with zero attached hydrogens (tertiary/aromatic N) is 2. The van der Waals surface area contributed by atoms with Crippen molar-refractivity contribution in [3.63, 3.8) is 0 Å². The SMILES string of the molecule is Cc1ccc(N2CC(=O)N3CCCCC3C2=O)c(C)c1. The van der Waals surface area contributed by atoms with Gasteiger partial charge in [0.1, 0.15) is 12.6 Å². The molecule has 0 N–H and O–H groups in total. The van der Waals surface area contributed by atoms with Crippen molar-refractivity contribution in [2.45, 2.75) is 39.2 Å². The number of piperidine rings is 1. The topological polar surface area (TPSA) is 40.6 Å². The number of fused-ring (bicyclic) bond motifs is 1. The number of piperazine rings is 1. The van der Waals surface area contributed by atoms with Crippen molar-refractivity contribution in [2.75, 3.05) is 18.0 Å². The second-order valence-corrected chi connectivity index (χ2v) is 5.81. The molecule has 2 aliphatic heterocycles. The van der Waals surface area contributed by atoms with Crippen LogP contribution in [0.5, 0.6) is 0 Å². The fourth-order valence-electron chi connectivity index (χ4n) is 3.28. The van der Waals surface area contributed by atoms with E-state index in [1.807, 2.05) is 26.0 Å². The minimum atomic E-state index is -0.245. The van der Waals surface area contributed by atoms with Crippen molar-refractivity contribution in [1.29, 1.82) is 0 Å². The summed E-state index contributed by atoms with van der Waals surface area (Å²) in [6.07, 6.45) is 2.84. The molecule has 2 aliphatic rings. The van der Waals surface area contributed by atoms with Gasteiger partial charge >= 0.3 is 0 Å². The average Bonchev–Trinajstić information content (AvgIpc) is 2.43. The van der Waals surface area contributed by atoms with Crippen LogP contribution in [-0.4, -0.2) is 35.8 Å². The molecule has 3 rings (SSSR count). The highest BCUT2D eigenvalue weighted by Crippen LogP contribution is 2.29. The zero-order valence-corrected chi connectivity index (χ0v) is 12.1. The molecule has 0 radical (unpaired) electrons. The van der Waals surface area contributed by atoms with Crippen LogP contribution in [0.15, 0.2) is 18.2 Å². The van der Waals surface area contributed by atoms with Gasteiger partial charge in [0, 0.05) is 12.2 Å². The number of hydrogen-bond donors (Lipinski definition) is 0. The Kier molecular flexibility index (Phi) is 3.24. The van der Waals surface area contributed by atoms with Crippen LogP contribution in [0.1, 0.15) is 30.4 Å². The first-order valence-electron chi connectivity index (χ1n) is 7.26. The molecule has 4 heteroatoms. The van der Waals surface area contributed by atoms with Crippen LogP contribution >= 0.6 is 0 Å². The zero-order valence-electron chi connectivity index (χ0n) is 12.1. The van der Waals surface area contributed by atoms with Gasteiger partial charge in [-0.05, 0) is 44.7 Å². The van der Waals surface area contributed by atoms with Crippen molar-refractivity contribution in [1.82, 2.24) is 4.90 Å². The first-order valence-corrected chi connectivity index (χ1v) is 7.26. The Morgan fingerprint density at radius 1 is 1.15 bits per heavy atom. The number of anilines is 1. The van der Waals surface area contributed by atoms with E-state index in [1.165, 1.54) is 5.56 Å². The Morgan fingerprint density at radius 3 is 2.70 bits per heavy atom. The molecule has 0 saturated carbocycles. The number of carbonyl (C=O) groups is 2. The maximum atomic E-state index is 12.7. The molecule has 4 nitrogen and oxygen atoms in total. The summed E-state index contributed by atoms with van der Waals surface area (Å²) in [6, 6.07) is 5.76. The number of rotatable bonds is 1. The highest BCUT2D eigenvalue weighted by Gasteiger charge is 2.41. The molecule has 20 heavy (non-hydrogen) atoms. The van der Waals surface area contributed by atoms with Crippen molar-refractivity contribution in [3.05, 3.63) is 29.3 Å². The van der Waals surface area contributed by atoms with Crippen molar-refractivity contribution in [2.24, 2.45) is 0 Å². The predicted octanol–water partition coefficient (Wildman–Crippen LogP) is 2.03. The molecular formula is C16H20N2O2. The Bertz CT molecular complexity index is 568. The lowest BCUT2D eigenvalue weighted by Crippen LogP contribution is -2.61. The maximum absolute atomic E-state index is 12.7. The molecule has 2 amide bonds. The third-order valence-electron chi connectivity index (χ3n) is 4.31. The lowest BCUT2D eigenvalue weighted by molar-refractivity contribution is -0.144. The molecule has 0 spiro atoms. The van der Waals surface area contributed by atoms with Gasteiger partial charge in [-0.3, -0.25) is 9.59 Å². The molecule has 0 bridgehead atoms. The Labute approximate surface area is 119 Å². The molecule has 2 fully saturated rings. The van der Waals surface area contributed by atoms with Crippen LogP contribution in [-0.2, 0) is 9.59 Å². The molecule has 1 aromatic rings. The van der Waals surface area contributed by atoms with Crippen LogP contribution in [0.3, 0.4) is 0 Å². The molecule has 1 aromatic carbocycles. The standard InChI is InChI=1S/C16H20N2O2/c1-11-6-7-13(12(2)9-11)18-10-15(19)17-8-4-3-5-14(17)16(18)20/h6-7,9,14H,3-5,8,10H2,1-2H3. The summed E-state index contributed by atoms with van der Waals surface area (Å²) in [5.41, 5.74) is 3.09. The second kappa shape index (κ2) is 4.93. The summed E-state index contributed by atoms with van der Waals surface area (Å²) in [5.74, 6) is 0.158. The van der Waals surface area contributed by atoms with Gasteiger partial charge < -0.3 is 9.80 Å². The van der Waals surface area contributed by atoms with Crippen LogP contribution in [0.25, 0.3) is 0 Å². The van der Waals surface area contributed by atoms with E-state index >= 15 is 0 Å². The van der Waals surface area contributed by atoms with Crippen LogP contribution in [0.2, 0.25) is 0 Å². The Balaban J connectivity index is 1.94. The van der Waals surface area contributed by atoms with Gasteiger partial charge in [0.15, 0.2) is 0 Å². The number of aryl methyl sites for hydroxylation is 2. The molecule has 0 aliphatic carbocycles. The smallest absolute Gasteiger partial charge is 0.250 e. The predicted molar refractivity (Wildman–Crippen MR) is 77.6 cm³/mol. The van der Waals surface area contributed by atoms with E-state index in [0.717, 1.165) is 37.1 Å². The number of carbonyl (C=O) groups excluding carboxylic acids is 2. The van der Waals surface area contributed by atoms with E-state index in [1.54, 1.807) is 9.80 Å². The minimum Gasteiger partial charge on any atom is -0.329 e. The summed E-state index contributed by atoms with van der Waals surface area (Å²) < 4.78 is 0. The van der Waals surface area contributed by atoms with E-state index in [0.29, 0.717) is 0 Å². The summed E-state index contributed by atoms with van der Waals surface area (Å²) in [6.45, 7) is 4.94. The summed E-state index contributed by atoms with van der Waals surface area (Å²) in [5, 5.41) is 0. The first-order chi connectivity index (χ1) is 9.58. The fourth-order valence-corrected chi connectivity index (χ4v) is 3.28. The average molecular weight is 272 g/mol. The van der Waals surface area contributed by atoms with E-state index in [9.17, 15) is 9.59 Å². The quantitative estimate of drug-likeness (QED) is 0.785. The highest BCUT2D eigenvalue weighted by molar-refractivity contribution is 6.07. The fraction of sp³-hybridized carbons (Fsp3) is 0.500. The van der Waals surface area contributed by atoms with E-state index in [4.69, 9.17) is 0 Å². The van der Waals surface area contributed by atoms with Crippen molar-refractivity contribution >= 4 is 17.5 Å². The van der Waals surface area contributed by atoms with Crippen molar-refractivity contribution < 1.29 is 9.59 Å². The van der Waals surface area contributed by atoms with Crippen LogP contribution < -0.4 is 4.90 Å². The normalized spacial score (nSPS) is 23.0. The van der Waals surface area contributed by atoms with Crippen molar-refractivity contribution in [3.8, 4) is 0 Å². The van der Waals surface area contributed by atoms with Gasteiger partial charge in [-0.2, -0.15) is 0 Å². The maximum Gasteiger partial charge on any atom is 0.250 e. The van der Waals surface area contributed by atoms with Crippen LogP contribution in [0.4, 0.5) is 5.69 Å². The summed E-state index contributed by atoms with van der Waals surface area (Å²) in [4.78, 5) is 28.4. The highest BCUT2D eigenvalue weighted by atomic mass is 16.2. The van der Waals surface area contributed by atoms with Gasteiger partial charge in [-0.1, -0.05) is 17.7 Å². The molecular weight excluding hydrogens is 252 g/mol. The van der Waals surface area contributed by atoms with Gasteiger partial charge in [-0.25, -0.2) is 0 Å². The molecule has 2 heterocycles. The third-order valence-corrected chi connectivity index (χ3v) is 4.31. The van der Waals surface area contributed by atoms with Gasteiger partial charge in [0.25, 0.3) is 0 Å². The third kappa shape index (κ3) is 2.09. The molecule has 0 aromatic heterocycles. The Morgan fingerprint density at radius 2 is 1.95 bits per heavy atom. The molecule has 106 valence electrons. The van der Waals surface area contributed by atoms with E-state index in [2.05, 4.69) is 6.07 Å².